The van der Waals surface area contributed by atoms with Crippen molar-refractivity contribution in [3.05, 3.63) is 42.3 Å². The Kier molecular flexibility index (Phi) is 8.95. The molecule has 0 saturated carbocycles. The van der Waals surface area contributed by atoms with Crippen LogP contribution < -0.4 is 22.1 Å². The molecule has 0 aliphatic carbocycles. The highest BCUT2D eigenvalue weighted by atomic mass is 16.5. The quantitative estimate of drug-likeness (QED) is 0.0908. The van der Waals surface area contributed by atoms with Crippen LogP contribution in [0.5, 0.6) is 0 Å². The number of aliphatic carboxylic acids is 1. The van der Waals surface area contributed by atoms with Crippen molar-refractivity contribution >= 4 is 29.4 Å². The van der Waals surface area contributed by atoms with E-state index in [1.165, 1.54) is 10.9 Å². The first kappa shape index (κ1) is 28.0. The number of nitrogens with one attached hydrogen (secondary N) is 2. The van der Waals surface area contributed by atoms with Gasteiger partial charge >= 0.3 is 5.97 Å². The normalized spacial score (nSPS) is 21.0. The summed E-state index contributed by atoms with van der Waals surface area (Å²) in [5, 5.41) is 51.6. The Labute approximate surface area is 215 Å². The molecule has 1 aliphatic heterocycles. The third-order valence-electron chi connectivity index (χ3n) is 5.41. The summed E-state index contributed by atoms with van der Waals surface area (Å²) in [4.78, 5) is 40.0. The number of benzene rings is 1. The highest BCUT2D eigenvalue weighted by Crippen LogP contribution is 2.25. The van der Waals surface area contributed by atoms with E-state index >= 15 is 0 Å². The Morgan fingerprint density at radius 1 is 1.24 bits per heavy atom. The Morgan fingerprint density at radius 2 is 1.92 bits per heavy atom. The van der Waals surface area contributed by atoms with Gasteiger partial charge in [-0.2, -0.15) is 0 Å². The lowest BCUT2D eigenvalue weighted by atomic mass is 9.92. The third kappa shape index (κ3) is 7.02. The number of carboxylic acid groups (broad SMARTS) is 1. The van der Waals surface area contributed by atoms with Crippen LogP contribution in [0.25, 0.3) is 11.3 Å². The van der Waals surface area contributed by atoms with Gasteiger partial charge in [0.1, 0.15) is 30.6 Å². The monoisotopic (exact) mass is 532 g/mol. The molecule has 0 spiro atoms. The summed E-state index contributed by atoms with van der Waals surface area (Å²) in [6.45, 7) is 0.000740. The van der Waals surface area contributed by atoms with E-state index in [0.717, 1.165) is 18.6 Å². The maximum Gasteiger partial charge on any atom is 0.370 e. The minimum atomic E-state index is -1.81. The van der Waals surface area contributed by atoms with Crippen molar-refractivity contribution in [3.8, 4) is 11.3 Å². The van der Waals surface area contributed by atoms with Crippen LogP contribution in [0.15, 0.2) is 47.3 Å². The maximum atomic E-state index is 12.5. The molecule has 2 aromatic rings. The van der Waals surface area contributed by atoms with E-state index < -0.39 is 66.5 Å². The fourth-order valence-electron chi connectivity index (χ4n) is 3.65. The summed E-state index contributed by atoms with van der Waals surface area (Å²) in [6.07, 6.45) is -2.50. The van der Waals surface area contributed by atoms with Gasteiger partial charge in [0.05, 0.1) is 24.9 Å². The smallest absolute Gasteiger partial charge is 0.370 e. The summed E-state index contributed by atoms with van der Waals surface area (Å²) >= 11 is 0. The van der Waals surface area contributed by atoms with Crippen molar-refractivity contribution in [1.82, 2.24) is 25.6 Å². The molecule has 10 N–H and O–H groups in total. The standard InChI is InChI=1S/C22H28N8O8/c1-10(32)25-18-13(6-16(21(36)37)38-20(18)19(35)15(33)9-31)26-22(24)27-17(34)8-30-7-14(28-29-30)11-2-4-12(23)5-3-11/h2-7,13,15,18-20,31,33,35H,8-9,23H2,1H3,(H,25,32)(H,36,37)(H3,24,26,27,34)/t13-,15+,18+,19+,20+/m0/s1. The number of aliphatic hydroxyl groups excluding tert-OH is 3. The molecule has 3 rings (SSSR count). The van der Waals surface area contributed by atoms with Crippen molar-refractivity contribution < 1.29 is 39.5 Å². The van der Waals surface area contributed by atoms with Gasteiger partial charge in [0.2, 0.25) is 17.6 Å². The van der Waals surface area contributed by atoms with Crippen molar-refractivity contribution in [3.63, 3.8) is 0 Å². The Balaban J connectivity index is 1.77. The summed E-state index contributed by atoms with van der Waals surface area (Å²) in [5.74, 6) is -3.84. The number of aromatic nitrogens is 3. The summed E-state index contributed by atoms with van der Waals surface area (Å²) in [6, 6.07) is 4.42. The van der Waals surface area contributed by atoms with Gasteiger partial charge in [0.25, 0.3) is 0 Å². The van der Waals surface area contributed by atoms with Gasteiger partial charge in [0.15, 0.2) is 5.96 Å². The van der Waals surface area contributed by atoms with Crippen LogP contribution in [0.3, 0.4) is 0 Å². The van der Waals surface area contributed by atoms with Crippen LogP contribution in [0.1, 0.15) is 6.92 Å². The van der Waals surface area contributed by atoms with Crippen molar-refractivity contribution in [1.29, 1.82) is 0 Å². The van der Waals surface area contributed by atoms with E-state index in [1.807, 2.05) is 0 Å². The number of aliphatic hydroxyl groups is 3. The zero-order chi connectivity index (χ0) is 28.0. The predicted molar refractivity (Wildman–Crippen MR) is 131 cm³/mol. The van der Waals surface area contributed by atoms with Gasteiger partial charge in [-0.3, -0.25) is 14.9 Å². The number of rotatable bonds is 9. The molecule has 16 heteroatoms. The van der Waals surface area contributed by atoms with Crippen LogP contribution in [0, 0.1) is 0 Å². The van der Waals surface area contributed by atoms with E-state index in [4.69, 9.17) is 16.2 Å². The first-order chi connectivity index (χ1) is 18.0. The predicted octanol–water partition coefficient (Wildman–Crippen LogP) is -3.09. The molecule has 0 radical (unpaired) electrons. The van der Waals surface area contributed by atoms with Gasteiger partial charge < -0.3 is 41.9 Å². The minimum Gasteiger partial charge on any atom is -0.478 e. The number of nitrogens with zero attached hydrogens (tertiary/aromatic N) is 4. The molecule has 0 saturated heterocycles. The van der Waals surface area contributed by atoms with Gasteiger partial charge in [-0.25, -0.2) is 14.5 Å². The Bertz CT molecular complexity index is 1230. The topological polar surface area (TPSA) is 261 Å². The SMILES string of the molecule is CC(=O)N[C@H]1[C@H]([C@H](O)[C@H](O)CO)OC(C(=O)O)=C[C@@H]1N=C(N)NC(=O)Cn1cc(-c2ccc(N)cc2)nn1. The molecular weight excluding hydrogens is 504 g/mol. The highest BCUT2D eigenvalue weighted by molar-refractivity contribution is 5.96. The first-order valence-corrected chi connectivity index (χ1v) is 11.2. The Morgan fingerprint density at radius 3 is 2.53 bits per heavy atom. The number of hydrogen-bond donors (Lipinski definition) is 8. The van der Waals surface area contributed by atoms with Crippen LogP contribution >= 0.6 is 0 Å². The van der Waals surface area contributed by atoms with Crippen LogP contribution in [-0.4, -0.2) is 96.2 Å². The number of carboxylic acids is 1. The molecule has 1 aromatic heterocycles. The first-order valence-electron chi connectivity index (χ1n) is 11.2. The van der Waals surface area contributed by atoms with E-state index in [2.05, 4.69) is 25.9 Å². The molecule has 1 aromatic carbocycles. The van der Waals surface area contributed by atoms with Gasteiger partial charge in [-0.05, 0) is 18.2 Å². The van der Waals surface area contributed by atoms with E-state index in [1.54, 1.807) is 24.3 Å². The highest BCUT2D eigenvalue weighted by Gasteiger charge is 2.43. The fourth-order valence-corrected chi connectivity index (χ4v) is 3.65. The Hall–Kier alpha value is -4.54. The van der Waals surface area contributed by atoms with Crippen molar-refractivity contribution in [2.24, 2.45) is 10.7 Å². The van der Waals surface area contributed by atoms with E-state index in [0.29, 0.717) is 11.4 Å². The second kappa shape index (κ2) is 12.1. The molecule has 16 nitrogen and oxygen atoms in total. The van der Waals surface area contributed by atoms with Crippen LogP contribution in [0.2, 0.25) is 0 Å². The number of nitrogen functional groups attached to an aromatic ring is 1. The number of ether oxygens (including phenoxy) is 1. The van der Waals surface area contributed by atoms with Crippen LogP contribution in [-0.2, 0) is 25.7 Å². The molecule has 204 valence electrons. The molecule has 0 bridgehead atoms. The largest absolute Gasteiger partial charge is 0.478 e. The minimum absolute atomic E-state index is 0.290. The molecular formula is C22H28N8O8. The molecule has 2 heterocycles. The number of guanidine groups is 1. The van der Waals surface area contributed by atoms with Gasteiger partial charge in [-0.1, -0.05) is 17.3 Å². The lowest BCUT2D eigenvalue weighted by Crippen LogP contribution is -2.60. The summed E-state index contributed by atoms with van der Waals surface area (Å²) < 4.78 is 6.52. The number of amides is 2. The fraction of sp³-hybridized carbons (Fsp3) is 0.364. The van der Waals surface area contributed by atoms with E-state index in [9.17, 15) is 34.8 Å². The number of carbonyl (C=O) groups is 3. The van der Waals surface area contributed by atoms with Gasteiger partial charge in [0, 0.05) is 18.2 Å². The number of carbonyl (C=O) groups excluding carboxylic acids is 2. The number of hydrogen-bond acceptors (Lipinski definition) is 11. The summed E-state index contributed by atoms with van der Waals surface area (Å²) in [5.41, 5.74) is 13.4. The average molecular weight is 533 g/mol. The zero-order valence-corrected chi connectivity index (χ0v) is 20.1. The number of nitrogens with two attached hydrogens (primary N) is 2. The van der Waals surface area contributed by atoms with Crippen LogP contribution in [0.4, 0.5) is 5.69 Å². The maximum absolute atomic E-state index is 12.5. The molecule has 38 heavy (non-hydrogen) atoms. The second-order valence-electron chi connectivity index (χ2n) is 8.36. The number of anilines is 1. The molecule has 1 aliphatic rings. The molecule has 2 amide bonds. The number of aliphatic imine (C=N–C) groups is 1. The van der Waals surface area contributed by atoms with Crippen molar-refractivity contribution in [2.75, 3.05) is 12.3 Å². The lowest BCUT2D eigenvalue weighted by Gasteiger charge is -2.38. The molecule has 5 atom stereocenters. The second-order valence-corrected chi connectivity index (χ2v) is 8.36. The summed E-state index contributed by atoms with van der Waals surface area (Å²) in [7, 11) is 0. The molecule has 0 unspecified atom stereocenters. The lowest BCUT2D eigenvalue weighted by molar-refractivity contribution is -0.145. The van der Waals surface area contributed by atoms with E-state index in [-0.39, 0.29) is 6.54 Å². The average Bonchev–Trinajstić information content (AvgIpc) is 3.32. The molecule has 0 fully saturated rings. The van der Waals surface area contributed by atoms with Gasteiger partial charge in [-0.15, -0.1) is 5.10 Å². The van der Waals surface area contributed by atoms with Crippen molar-refractivity contribution in [2.45, 2.75) is 43.9 Å². The zero-order valence-electron chi connectivity index (χ0n) is 20.1. The third-order valence-corrected chi connectivity index (χ3v) is 5.41.